The van der Waals surface area contributed by atoms with E-state index in [-0.39, 0.29) is 5.69 Å². The van der Waals surface area contributed by atoms with E-state index in [1.54, 1.807) is 6.07 Å². The Morgan fingerprint density at radius 3 is 2.89 bits per heavy atom. The molecule has 1 aromatic rings. The van der Waals surface area contributed by atoms with Gasteiger partial charge in [0.05, 0.1) is 4.92 Å². The normalized spacial score (nSPS) is 16.5. The van der Waals surface area contributed by atoms with E-state index in [4.69, 9.17) is 4.74 Å². The van der Waals surface area contributed by atoms with Crippen molar-refractivity contribution in [1.82, 2.24) is 4.98 Å². The van der Waals surface area contributed by atoms with Crippen LogP contribution in [0.25, 0.3) is 0 Å². The molecule has 0 amide bonds. The van der Waals surface area contributed by atoms with Crippen LogP contribution < -0.4 is 5.32 Å². The summed E-state index contributed by atoms with van der Waals surface area (Å²) in [6.07, 6.45) is 1.99. The molecule has 1 aliphatic rings. The Bertz CT molecular complexity index is 431. The topological polar surface area (TPSA) is 77.3 Å². The quantitative estimate of drug-likeness (QED) is 0.655. The minimum Gasteiger partial charge on any atom is -0.381 e. The lowest BCUT2D eigenvalue weighted by Gasteiger charge is -2.22. The van der Waals surface area contributed by atoms with Crippen LogP contribution in [0.3, 0.4) is 0 Å². The molecule has 6 nitrogen and oxygen atoms in total. The molecular weight excluding hydrogens is 234 g/mol. The third kappa shape index (κ3) is 3.16. The minimum absolute atomic E-state index is 0.0349. The van der Waals surface area contributed by atoms with Gasteiger partial charge >= 0.3 is 5.69 Å². The monoisotopic (exact) mass is 251 g/mol. The summed E-state index contributed by atoms with van der Waals surface area (Å²) in [7, 11) is 0. The average Bonchev–Trinajstić information content (AvgIpc) is 2.37. The van der Waals surface area contributed by atoms with Crippen LogP contribution in [0.15, 0.2) is 12.1 Å². The molecule has 98 valence electrons. The van der Waals surface area contributed by atoms with Crippen LogP contribution in [-0.4, -0.2) is 29.7 Å². The van der Waals surface area contributed by atoms with Gasteiger partial charge in [0.1, 0.15) is 0 Å². The van der Waals surface area contributed by atoms with Crippen molar-refractivity contribution in [1.29, 1.82) is 0 Å². The first-order valence-corrected chi connectivity index (χ1v) is 6.10. The highest BCUT2D eigenvalue weighted by Gasteiger charge is 2.18. The third-order valence-corrected chi connectivity index (χ3v) is 3.11. The zero-order valence-corrected chi connectivity index (χ0v) is 10.4. The molecule has 0 bridgehead atoms. The number of aryl methyl sites for hydroxylation is 1. The molecule has 0 atom stereocenters. The van der Waals surface area contributed by atoms with E-state index in [9.17, 15) is 10.1 Å². The molecule has 0 aromatic carbocycles. The fraction of sp³-hybridized carbons (Fsp3) is 0.583. The first-order valence-electron chi connectivity index (χ1n) is 6.10. The zero-order valence-electron chi connectivity index (χ0n) is 10.4. The number of rotatable bonds is 4. The molecule has 2 rings (SSSR count). The van der Waals surface area contributed by atoms with Gasteiger partial charge in [0.2, 0.25) is 5.82 Å². The van der Waals surface area contributed by atoms with Crippen LogP contribution in [0.1, 0.15) is 18.5 Å². The highest BCUT2D eigenvalue weighted by molar-refractivity contribution is 5.56. The van der Waals surface area contributed by atoms with Crippen molar-refractivity contribution in [2.24, 2.45) is 5.92 Å². The maximum absolute atomic E-state index is 10.9. The first kappa shape index (κ1) is 12.8. The molecule has 1 saturated heterocycles. The van der Waals surface area contributed by atoms with Crippen LogP contribution in [0.2, 0.25) is 0 Å². The van der Waals surface area contributed by atoms with Crippen molar-refractivity contribution in [3.8, 4) is 0 Å². The van der Waals surface area contributed by atoms with Crippen molar-refractivity contribution >= 4 is 11.5 Å². The summed E-state index contributed by atoms with van der Waals surface area (Å²) in [4.78, 5) is 14.7. The van der Waals surface area contributed by atoms with Crippen LogP contribution in [0.5, 0.6) is 0 Å². The van der Waals surface area contributed by atoms with Gasteiger partial charge < -0.3 is 10.1 Å². The Morgan fingerprint density at radius 1 is 1.50 bits per heavy atom. The number of nitro groups is 1. The van der Waals surface area contributed by atoms with E-state index in [1.165, 1.54) is 6.07 Å². The van der Waals surface area contributed by atoms with E-state index in [0.717, 1.165) is 31.7 Å². The minimum atomic E-state index is -0.404. The Kier molecular flexibility index (Phi) is 4.09. The second-order valence-electron chi connectivity index (χ2n) is 4.51. The number of nitrogens with one attached hydrogen (secondary N) is 1. The molecule has 1 N–H and O–H groups in total. The van der Waals surface area contributed by atoms with Crippen LogP contribution in [0, 0.1) is 23.0 Å². The summed E-state index contributed by atoms with van der Waals surface area (Å²) in [5.41, 5.74) is 0.808. The molecule has 1 aromatic heterocycles. The summed E-state index contributed by atoms with van der Waals surface area (Å²) in [5, 5.41) is 14.0. The molecule has 0 saturated carbocycles. The van der Waals surface area contributed by atoms with E-state index < -0.39 is 4.92 Å². The van der Waals surface area contributed by atoms with Crippen molar-refractivity contribution in [2.75, 3.05) is 25.1 Å². The molecular formula is C12H17N3O3. The maximum Gasteiger partial charge on any atom is 0.311 e. The fourth-order valence-corrected chi connectivity index (χ4v) is 2.02. The van der Waals surface area contributed by atoms with E-state index >= 15 is 0 Å². The Hall–Kier alpha value is -1.69. The number of nitrogens with zero attached hydrogens (tertiary/aromatic N) is 2. The van der Waals surface area contributed by atoms with Gasteiger partial charge in [-0.15, -0.1) is 0 Å². The third-order valence-electron chi connectivity index (χ3n) is 3.11. The summed E-state index contributed by atoms with van der Waals surface area (Å²) >= 11 is 0. The highest BCUT2D eigenvalue weighted by Crippen LogP contribution is 2.23. The summed E-state index contributed by atoms with van der Waals surface area (Å²) in [5.74, 6) is 0.868. The van der Waals surface area contributed by atoms with E-state index in [0.29, 0.717) is 18.3 Å². The van der Waals surface area contributed by atoms with Gasteiger partial charge in [0, 0.05) is 31.5 Å². The Morgan fingerprint density at radius 2 is 2.22 bits per heavy atom. The largest absolute Gasteiger partial charge is 0.381 e. The Balaban J connectivity index is 2.03. The lowest BCUT2D eigenvalue weighted by molar-refractivity contribution is -0.384. The zero-order chi connectivity index (χ0) is 13.0. The number of anilines is 1. The van der Waals surface area contributed by atoms with Gasteiger partial charge in [-0.25, -0.2) is 4.98 Å². The first-order chi connectivity index (χ1) is 8.66. The van der Waals surface area contributed by atoms with Gasteiger partial charge in [-0.05, 0) is 31.7 Å². The lowest BCUT2D eigenvalue weighted by Crippen LogP contribution is -2.23. The summed E-state index contributed by atoms with van der Waals surface area (Å²) < 4.78 is 5.28. The smallest absolute Gasteiger partial charge is 0.311 e. The number of aromatic nitrogens is 1. The Labute approximate surface area is 106 Å². The van der Waals surface area contributed by atoms with Gasteiger partial charge in [0.25, 0.3) is 0 Å². The van der Waals surface area contributed by atoms with Gasteiger partial charge in [-0.3, -0.25) is 10.1 Å². The van der Waals surface area contributed by atoms with Crippen molar-refractivity contribution < 1.29 is 9.66 Å². The molecule has 0 aliphatic carbocycles. The predicted molar refractivity (Wildman–Crippen MR) is 67.7 cm³/mol. The van der Waals surface area contributed by atoms with Crippen molar-refractivity contribution in [2.45, 2.75) is 19.8 Å². The average molecular weight is 251 g/mol. The standard InChI is InChI=1S/C12H17N3O3/c1-9-2-3-11(15(16)17)12(14-9)13-8-10-4-6-18-7-5-10/h2-3,10H,4-8H2,1H3,(H,13,14). The van der Waals surface area contributed by atoms with Crippen molar-refractivity contribution in [3.63, 3.8) is 0 Å². The fourth-order valence-electron chi connectivity index (χ4n) is 2.02. The second kappa shape index (κ2) is 5.77. The molecule has 0 unspecified atom stereocenters. The molecule has 6 heteroatoms. The molecule has 1 aliphatic heterocycles. The van der Waals surface area contributed by atoms with Gasteiger partial charge in [-0.2, -0.15) is 0 Å². The maximum atomic E-state index is 10.9. The lowest BCUT2D eigenvalue weighted by atomic mass is 10.0. The molecule has 1 fully saturated rings. The summed E-state index contributed by atoms with van der Waals surface area (Å²) in [6.45, 7) is 4.08. The van der Waals surface area contributed by atoms with Gasteiger partial charge in [-0.1, -0.05) is 0 Å². The molecule has 2 heterocycles. The van der Waals surface area contributed by atoms with E-state index in [2.05, 4.69) is 10.3 Å². The summed E-state index contributed by atoms with van der Waals surface area (Å²) in [6, 6.07) is 3.15. The van der Waals surface area contributed by atoms with Crippen LogP contribution in [0.4, 0.5) is 11.5 Å². The van der Waals surface area contributed by atoms with E-state index in [1.807, 2.05) is 6.92 Å². The number of hydrogen-bond acceptors (Lipinski definition) is 5. The highest BCUT2D eigenvalue weighted by atomic mass is 16.6. The molecule has 18 heavy (non-hydrogen) atoms. The number of pyridine rings is 1. The number of ether oxygens (including phenoxy) is 1. The van der Waals surface area contributed by atoms with Gasteiger partial charge in [0.15, 0.2) is 0 Å². The van der Waals surface area contributed by atoms with Crippen LogP contribution in [-0.2, 0) is 4.74 Å². The molecule has 0 spiro atoms. The molecule has 0 radical (unpaired) electrons. The predicted octanol–water partition coefficient (Wildman–Crippen LogP) is 2.14. The SMILES string of the molecule is Cc1ccc([N+](=O)[O-])c(NCC2CCOCC2)n1. The van der Waals surface area contributed by atoms with Crippen LogP contribution >= 0.6 is 0 Å². The number of hydrogen-bond donors (Lipinski definition) is 1. The second-order valence-corrected chi connectivity index (χ2v) is 4.51. The van der Waals surface area contributed by atoms with Crippen molar-refractivity contribution in [3.05, 3.63) is 27.9 Å².